The fraction of sp³-hybridized carbons (Fsp3) is 0.364. The maximum Gasteiger partial charge on any atom is 0.312 e. The molecule has 16 heavy (non-hydrogen) atoms. The number of carbonyl (C=O) groups is 1. The number of benzene rings is 1. The van der Waals surface area contributed by atoms with E-state index in [9.17, 15) is 9.90 Å². The third kappa shape index (κ3) is 3.23. The van der Waals surface area contributed by atoms with Gasteiger partial charge >= 0.3 is 5.97 Å². The van der Waals surface area contributed by atoms with Gasteiger partial charge < -0.3 is 10.2 Å². The Labute approximate surface area is 107 Å². The maximum atomic E-state index is 10.9. The van der Waals surface area contributed by atoms with Crippen molar-refractivity contribution < 1.29 is 15.0 Å². The molecular weight excluding hydrogens is 292 g/mol. The summed E-state index contributed by atoms with van der Waals surface area (Å²) in [6.45, 7) is 3.01. The van der Waals surface area contributed by atoms with Gasteiger partial charge in [0.1, 0.15) is 5.44 Å². The molecule has 3 nitrogen and oxygen atoms in total. The predicted octanol–water partition coefficient (Wildman–Crippen LogP) is 2.97. The molecule has 1 rings (SSSR count). The molecule has 0 spiro atoms. The lowest BCUT2D eigenvalue weighted by molar-refractivity contribution is -0.150. The van der Waals surface area contributed by atoms with Crippen molar-refractivity contribution in [1.29, 1.82) is 0 Å². The van der Waals surface area contributed by atoms with E-state index in [-0.39, 0.29) is 0 Å². The predicted molar refractivity (Wildman–Crippen MR) is 67.4 cm³/mol. The van der Waals surface area contributed by atoms with Crippen LogP contribution in [0, 0.1) is 5.41 Å². The van der Waals surface area contributed by atoms with Crippen molar-refractivity contribution in [1.82, 2.24) is 0 Å². The van der Waals surface area contributed by atoms with Gasteiger partial charge in [-0.1, -0.05) is 33.8 Å². The van der Waals surface area contributed by atoms with Crippen molar-refractivity contribution in [2.24, 2.45) is 5.41 Å². The largest absolute Gasteiger partial charge is 0.481 e. The highest BCUT2D eigenvalue weighted by molar-refractivity contribution is 9.10. The van der Waals surface area contributed by atoms with Crippen LogP contribution in [0.5, 0.6) is 0 Å². The highest BCUT2D eigenvalue weighted by Crippen LogP contribution is 2.34. The summed E-state index contributed by atoms with van der Waals surface area (Å²) in [4.78, 5) is 11.8. The summed E-state index contributed by atoms with van der Waals surface area (Å²) in [6.07, 6.45) is 0. The minimum atomic E-state index is -1.17. The Balaban J connectivity index is 2.79. The number of rotatable bonds is 4. The van der Waals surface area contributed by atoms with Gasteiger partial charge in [-0.15, -0.1) is 0 Å². The number of hydrogen-bond donors (Lipinski definition) is 2. The SMILES string of the molecule is CC(C)(C(=O)O)C(O)Sc1cccc(Br)c1. The third-order valence-electron chi connectivity index (χ3n) is 2.21. The summed E-state index contributed by atoms with van der Waals surface area (Å²) in [5, 5.41) is 18.8. The number of aliphatic hydroxyl groups excluding tert-OH is 1. The van der Waals surface area contributed by atoms with Crippen molar-refractivity contribution in [2.75, 3.05) is 0 Å². The molecule has 0 saturated carbocycles. The van der Waals surface area contributed by atoms with Crippen LogP contribution >= 0.6 is 27.7 Å². The molecule has 2 N–H and O–H groups in total. The lowest BCUT2D eigenvalue weighted by atomic mass is 9.95. The van der Waals surface area contributed by atoms with Crippen molar-refractivity contribution >= 4 is 33.7 Å². The Morgan fingerprint density at radius 2 is 2.12 bits per heavy atom. The minimum absolute atomic E-state index is 0.830. The van der Waals surface area contributed by atoms with Crippen molar-refractivity contribution in [2.45, 2.75) is 24.2 Å². The molecule has 88 valence electrons. The van der Waals surface area contributed by atoms with Crippen LogP contribution in [-0.2, 0) is 4.79 Å². The van der Waals surface area contributed by atoms with E-state index < -0.39 is 16.8 Å². The summed E-state index contributed by atoms with van der Waals surface area (Å²) < 4.78 is 0.901. The molecule has 0 heterocycles. The van der Waals surface area contributed by atoms with Crippen LogP contribution < -0.4 is 0 Å². The van der Waals surface area contributed by atoms with E-state index in [1.54, 1.807) is 0 Å². The number of carboxylic acid groups (broad SMARTS) is 1. The zero-order chi connectivity index (χ0) is 12.3. The Bertz CT molecular complexity index is 393. The Morgan fingerprint density at radius 1 is 1.50 bits per heavy atom. The molecule has 1 unspecified atom stereocenters. The Kier molecular flexibility index (Phi) is 4.41. The quantitative estimate of drug-likeness (QED) is 0.663. The zero-order valence-electron chi connectivity index (χ0n) is 8.98. The van der Waals surface area contributed by atoms with E-state index in [1.807, 2.05) is 24.3 Å². The Morgan fingerprint density at radius 3 is 2.62 bits per heavy atom. The van der Waals surface area contributed by atoms with E-state index in [0.29, 0.717) is 0 Å². The minimum Gasteiger partial charge on any atom is -0.481 e. The van der Waals surface area contributed by atoms with Crippen LogP contribution in [0.25, 0.3) is 0 Å². The van der Waals surface area contributed by atoms with E-state index in [0.717, 1.165) is 21.1 Å². The van der Waals surface area contributed by atoms with Crippen LogP contribution in [0.1, 0.15) is 13.8 Å². The smallest absolute Gasteiger partial charge is 0.312 e. The van der Waals surface area contributed by atoms with Crippen LogP contribution in [0.15, 0.2) is 33.6 Å². The van der Waals surface area contributed by atoms with Gasteiger partial charge in [0.15, 0.2) is 0 Å². The molecular formula is C11H13BrO3S. The molecule has 0 aliphatic carbocycles. The number of halogens is 1. The summed E-state index contributed by atoms with van der Waals surface area (Å²) in [5.41, 5.74) is -2.16. The molecule has 1 aromatic carbocycles. The highest BCUT2D eigenvalue weighted by Gasteiger charge is 2.36. The highest BCUT2D eigenvalue weighted by atomic mass is 79.9. The molecule has 5 heteroatoms. The first-order valence-corrected chi connectivity index (χ1v) is 6.35. The first kappa shape index (κ1) is 13.5. The lowest BCUT2D eigenvalue weighted by Crippen LogP contribution is -2.34. The maximum absolute atomic E-state index is 10.9. The summed E-state index contributed by atoms with van der Waals surface area (Å²) in [7, 11) is 0. The molecule has 0 amide bonds. The van der Waals surface area contributed by atoms with E-state index in [1.165, 1.54) is 13.8 Å². The summed E-state index contributed by atoms with van der Waals surface area (Å²) in [5.74, 6) is -1.01. The van der Waals surface area contributed by atoms with Gasteiger partial charge in [0, 0.05) is 9.37 Å². The average Bonchev–Trinajstić information content (AvgIpc) is 2.17. The van der Waals surface area contributed by atoms with Crippen LogP contribution in [0.3, 0.4) is 0 Å². The zero-order valence-corrected chi connectivity index (χ0v) is 11.4. The van der Waals surface area contributed by atoms with Gasteiger partial charge in [0.05, 0.1) is 5.41 Å². The lowest BCUT2D eigenvalue weighted by Gasteiger charge is -2.25. The standard InChI is InChI=1S/C11H13BrO3S/c1-11(2,9(13)14)10(15)16-8-5-3-4-7(12)6-8/h3-6,10,15H,1-2H3,(H,13,14). The molecule has 0 aliphatic rings. The second kappa shape index (κ2) is 5.21. The number of aliphatic carboxylic acids is 1. The molecule has 0 radical (unpaired) electrons. The van der Waals surface area contributed by atoms with Crippen molar-refractivity contribution in [3.8, 4) is 0 Å². The number of hydrogen-bond acceptors (Lipinski definition) is 3. The molecule has 0 fully saturated rings. The Hall–Kier alpha value is -0.520. The van der Waals surface area contributed by atoms with Gasteiger partial charge in [-0.2, -0.15) is 0 Å². The van der Waals surface area contributed by atoms with E-state index in [4.69, 9.17) is 5.11 Å². The van der Waals surface area contributed by atoms with Crippen LogP contribution in [0.4, 0.5) is 0 Å². The summed E-state index contributed by atoms with van der Waals surface area (Å²) in [6, 6.07) is 7.38. The topological polar surface area (TPSA) is 57.5 Å². The van der Waals surface area contributed by atoms with Crippen LogP contribution in [0.2, 0.25) is 0 Å². The normalized spacial score (nSPS) is 13.5. The van der Waals surface area contributed by atoms with Gasteiger partial charge in [0.25, 0.3) is 0 Å². The number of aliphatic hydroxyl groups is 1. The number of carboxylic acids is 1. The van der Waals surface area contributed by atoms with Gasteiger partial charge in [0.2, 0.25) is 0 Å². The molecule has 0 saturated heterocycles. The average molecular weight is 305 g/mol. The van der Waals surface area contributed by atoms with Gasteiger partial charge in [-0.3, -0.25) is 4.79 Å². The second-order valence-corrected chi connectivity index (χ2v) is 6.02. The molecule has 0 bridgehead atoms. The van der Waals surface area contributed by atoms with E-state index in [2.05, 4.69) is 15.9 Å². The van der Waals surface area contributed by atoms with Gasteiger partial charge in [-0.25, -0.2) is 0 Å². The van der Waals surface area contributed by atoms with Crippen molar-refractivity contribution in [3.63, 3.8) is 0 Å². The number of thioether (sulfide) groups is 1. The second-order valence-electron chi connectivity index (χ2n) is 3.95. The molecule has 1 atom stereocenters. The fourth-order valence-corrected chi connectivity index (χ4v) is 2.48. The summed E-state index contributed by atoms with van der Waals surface area (Å²) >= 11 is 4.46. The molecule has 0 aromatic heterocycles. The monoisotopic (exact) mass is 304 g/mol. The first-order chi connectivity index (χ1) is 7.34. The molecule has 1 aromatic rings. The fourth-order valence-electron chi connectivity index (χ4n) is 0.922. The third-order valence-corrected chi connectivity index (χ3v) is 4.04. The molecule has 0 aliphatic heterocycles. The first-order valence-electron chi connectivity index (χ1n) is 4.67. The van der Waals surface area contributed by atoms with Crippen molar-refractivity contribution in [3.05, 3.63) is 28.7 Å². The van der Waals surface area contributed by atoms with Gasteiger partial charge in [-0.05, 0) is 32.0 Å². The van der Waals surface area contributed by atoms with E-state index >= 15 is 0 Å². The van der Waals surface area contributed by atoms with Crippen LogP contribution in [-0.4, -0.2) is 21.6 Å².